The summed E-state index contributed by atoms with van der Waals surface area (Å²) in [6.07, 6.45) is 6.01. The van der Waals surface area contributed by atoms with Gasteiger partial charge in [-0.15, -0.1) is 0 Å². The maximum Gasteiger partial charge on any atom is 0.0725 e. The van der Waals surface area contributed by atoms with E-state index in [1.807, 2.05) is 6.20 Å². The van der Waals surface area contributed by atoms with E-state index in [4.69, 9.17) is 0 Å². The first-order valence-electron chi connectivity index (χ1n) is 7.64. The van der Waals surface area contributed by atoms with Crippen molar-refractivity contribution in [3.8, 4) is 0 Å². The van der Waals surface area contributed by atoms with E-state index < -0.39 is 0 Å². The number of piperidine rings is 1. The summed E-state index contributed by atoms with van der Waals surface area (Å²) in [5, 5.41) is 4.79. The summed E-state index contributed by atoms with van der Waals surface area (Å²) in [7, 11) is 0. The molecule has 1 N–H and O–H groups in total. The minimum Gasteiger partial charge on any atom is -0.383 e. The van der Waals surface area contributed by atoms with Crippen LogP contribution in [0.15, 0.2) is 30.5 Å². The Bertz CT molecular complexity index is 573. The number of benzene rings is 1. The number of aryl methyl sites for hydroxylation is 1. The van der Waals surface area contributed by atoms with Crippen molar-refractivity contribution in [1.82, 2.24) is 9.88 Å². The maximum atomic E-state index is 4.45. The molecular formula is C17H23N3. The fourth-order valence-corrected chi connectivity index (χ4v) is 2.94. The molecule has 2 heterocycles. The molecule has 3 heteroatoms. The van der Waals surface area contributed by atoms with Crippen LogP contribution < -0.4 is 5.32 Å². The standard InChI is InChI=1S/C17H23N3/c1-14-5-6-15-16(7-8-18-17(15)13-14)19-9-12-20-10-3-2-4-11-20/h5-8,13H,2-4,9-12H2,1H3,(H,18,19). The van der Waals surface area contributed by atoms with Crippen LogP contribution in [-0.4, -0.2) is 36.1 Å². The summed E-state index contributed by atoms with van der Waals surface area (Å²) < 4.78 is 0. The first kappa shape index (κ1) is 13.4. The van der Waals surface area contributed by atoms with E-state index >= 15 is 0 Å². The number of anilines is 1. The lowest BCUT2D eigenvalue weighted by Gasteiger charge is -2.26. The van der Waals surface area contributed by atoms with Gasteiger partial charge < -0.3 is 10.2 Å². The van der Waals surface area contributed by atoms with Crippen molar-refractivity contribution in [2.45, 2.75) is 26.2 Å². The summed E-state index contributed by atoms with van der Waals surface area (Å²) in [5.74, 6) is 0. The van der Waals surface area contributed by atoms with Crippen molar-refractivity contribution in [2.24, 2.45) is 0 Å². The maximum absolute atomic E-state index is 4.45. The highest BCUT2D eigenvalue weighted by Gasteiger charge is 2.09. The number of hydrogen-bond acceptors (Lipinski definition) is 3. The first-order chi connectivity index (χ1) is 9.83. The highest BCUT2D eigenvalue weighted by Crippen LogP contribution is 2.22. The smallest absolute Gasteiger partial charge is 0.0725 e. The van der Waals surface area contributed by atoms with Crippen LogP contribution in [0.3, 0.4) is 0 Å². The van der Waals surface area contributed by atoms with Crippen LogP contribution in [0.2, 0.25) is 0 Å². The summed E-state index contributed by atoms with van der Waals surface area (Å²) in [4.78, 5) is 7.01. The fraction of sp³-hybridized carbons (Fsp3) is 0.471. The fourth-order valence-electron chi connectivity index (χ4n) is 2.94. The third-order valence-electron chi connectivity index (χ3n) is 4.09. The summed E-state index contributed by atoms with van der Waals surface area (Å²) in [5.41, 5.74) is 3.54. The molecule has 0 atom stereocenters. The molecule has 0 unspecified atom stereocenters. The second-order valence-corrected chi connectivity index (χ2v) is 5.71. The van der Waals surface area contributed by atoms with Gasteiger partial charge in [0, 0.05) is 30.4 Å². The van der Waals surface area contributed by atoms with Gasteiger partial charge in [-0.25, -0.2) is 0 Å². The topological polar surface area (TPSA) is 28.2 Å². The predicted octanol–water partition coefficient (Wildman–Crippen LogP) is 3.44. The van der Waals surface area contributed by atoms with E-state index in [9.17, 15) is 0 Å². The number of fused-ring (bicyclic) bond motifs is 1. The van der Waals surface area contributed by atoms with Gasteiger partial charge in [0.1, 0.15) is 0 Å². The van der Waals surface area contributed by atoms with Gasteiger partial charge >= 0.3 is 0 Å². The number of hydrogen-bond donors (Lipinski definition) is 1. The minimum atomic E-state index is 1.01. The van der Waals surface area contributed by atoms with Crippen LogP contribution in [-0.2, 0) is 0 Å². The summed E-state index contributed by atoms with van der Waals surface area (Å²) in [6.45, 7) is 6.77. The zero-order chi connectivity index (χ0) is 13.8. The lowest BCUT2D eigenvalue weighted by Crippen LogP contribution is -2.33. The first-order valence-corrected chi connectivity index (χ1v) is 7.64. The average Bonchev–Trinajstić information content (AvgIpc) is 2.48. The molecule has 1 fully saturated rings. The minimum absolute atomic E-state index is 1.01. The largest absolute Gasteiger partial charge is 0.383 e. The van der Waals surface area contributed by atoms with Gasteiger partial charge in [-0.2, -0.15) is 0 Å². The van der Waals surface area contributed by atoms with Crippen LogP contribution in [0.4, 0.5) is 5.69 Å². The van der Waals surface area contributed by atoms with Gasteiger partial charge in [0.2, 0.25) is 0 Å². The van der Waals surface area contributed by atoms with Crippen molar-refractivity contribution in [3.05, 3.63) is 36.0 Å². The zero-order valence-corrected chi connectivity index (χ0v) is 12.2. The molecule has 1 aromatic heterocycles. The second-order valence-electron chi connectivity index (χ2n) is 5.71. The van der Waals surface area contributed by atoms with Gasteiger partial charge in [-0.05, 0) is 50.6 Å². The van der Waals surface area contributed by atoms with Crippen LogP contribution in [0.25, 0.3) is 10.9 Å². The molecule has 0 aliphatic carbocycles. The van der Waals surface area contributed by atoms with Crippen LogP contribution in [0, 0.1) is 6.92 Å². The molecule has 106 valence electrons. The predicted molar refractivity (Wildman–Crippen MR) is 85.3 cm³/mol. The zero-order valence-electron chi connectivity index (χ0n) is 12.2. The van der Waals surface area contributed by atoms with E-state index in [1.54, 1.807) is 0 Å². The molecule has 0 bridgehead atoms. The number of likely N-dealkylation sites (tertiary alicyclic amines) is 1. The number of pyridine rings is 1. The number of rotatable bonds is 4. The highest BCUT2D eigenvalue weighted by molar-refractivity contribution is 5.91. The van der Waals surface area contributed by atoms with Crippen molar-refractivity contribution in [1.29, 1.82) is 0 Å². The van der Waals surface area contributed by atoms with Crippen LogP contribution in [0.1, 0.15) is 24.8 Å². The molecule has 0 spiro atoms. The van der Waals surface area contributed by atoms with E-state index in [-0.39, 0.29) is 0 Å². The lowest BCUT2D eigenvalue weighted by molar-refractivity contribution is 0.237. The van der Waals surface area contributed by atoms with Gasteiger partial charge in [-0.3, -0.25) is 4.98 Å². The third kappa shape index (κ3) is 3.10. The Kier molecular flexibility index (Phi) is 4.16. The molecule has 1 aromatic carbocycles. The molecule has 1 aliphatic rings. The molecule has 1 saturated heterocycles. The summed E-state index contributed by atoms with van der Waals surface area (Å²) >= 11 is 0. The number of nitrogens with one attached hydrogen (secondary N) is 1. The van der Waals surface area contributed by atoms with Gasteiger partial charge in [0.15, 0.2) is 0 Å². The Hall–Kier alpha value is -1.61. The van der Waals surface area contributed by atoms with Crippen molar-refractivity contribution < 1.29 is 0 Å². The second kappa shape index (κ2) is 6.23. The molecule has 0 saturated carbocycles. The SMILES string of the molecule is Cc1ccc2c(NCCN3CCCCC3)ccnc2c1. The Morgan fingerprint density at radius 3 is 2.85 bits per heavy atom. The van der Waals surface area contributed by atoms with E-state index in [0.29, 0.717) is 0 Å². The van der Waals surface area contributed by atoms with E-state index in [2.05, 4.69) is 46.4 Å². The molecule has 1 aliphatic heterocycles. The van der Waals surface area contributed by atoms with Crippen molar-refractivity contribution >= 4 is 16.6 Å². The Balaban J connectivity index is 1.65. The molecule has 0 radical (unpaired) electrons. The molecule has 2 aromatic rings. The van der Waals surface area contributed by atoms with E-state index in [0.717, 1.165) is 18.6 Å². The molecule has 0 amide bonds. The van der Waals surface area contributed by atoms with Crippen LogP contribution in [0.5, 0.6) is 0 Å². The number of nitrogens with zero attached hydrogens (tertiary/aromatic N) is 2. The molecular weight excluding hydrogens is 246 g/mol. The van der Waals surface area contributed by atoms with E-state index in [1.165, 1.54) is 49.0 Å². The molecule has 3 nitrogen and oxygen atoms in total. The Morgan fingerprint density at radius 1 is 1.15 bits per heavy atom. The highest BCUT2D eigenvalue weighted by atomic mass is 15.1. The summed E-state index contributed by atoms with van der Waals surface area (Å²) in [6, 6.07) is 8.54. The van der Waals surface area contributed by atoms with Gasteiger partial charge in [0.25, 0.3) is 0 Å². The monoisotopic (exact) mass is 269 g/mol. The third-order valence-corrected chi connectivity index (χ3v) is 4.09. The van der Waals surface area contributed by atoms with Crippen molar-refractivity contribution in [3.63, 3.8) is 0 Å². The Labute approximate surface area is 121 Å². The average molecular weight is 269 g/mol. The molecule has 20 heavy (non-hydrogen) atoms. The molecule has 3 rings (SSSR count). The van der Waals surface area contributed by atoms with Crippen LogP contribution >= 0.6 is 0 Å². The van der Waals surface area contributed by atoms with Gasteiger partial charge in [0.05, 0.1) is 5.52 Å². The normalized spacial score (nSPS) is 16.4. The Morgan fingerprint density at radius 2 is 2.00 bits per heavy atom. The quantitative estimate of drug-likeness (QED) is 0.921. The van der Waals surface area contributed by atoms with Gasteiger partial charge in [-0.1, -0.05) is 18.6 Å². The lowest BCUT2D eigenvalue weighted by atomic mass is 10.1. The number of aromatic nitrogens is 1. The van der Waals surface area contributed by atoms with Crippen molar-refractivity contribution in [2.75, 3.05) is 31.5 Å².